The molecule has 1 aliphatic heterocycles. The first kappa shape index (κ1) is 20.2. The van der Waals surface area contributed by atoms with Crippen molar-refractivity contribution in [2.45, 2.75) is 65.1 Å². The summed E-state index contributed by atoms with van der Waals surface area (Å²) in [5.41, 5.74) is 0.525. The molecule has 0 radical (unpaired) electrons. The van der Waals surface area contributed by atoms with Crippen LogP contribution < -0.4 is 10.1 Å². The van der Waals surface area contributed by atoms with Crippen LogP contribution >= 0.6 is 0 Å². The molecule has 2 aromatic carbocycles. The SMILES string of the molecule is CC(C)NC(=O)COc1cc2ccccc2cc1C(=O)N1C(C)CCCC1C. The predicted octanol–water partition coefficient (Wildman–Crippen LogP) is 4.15. The molecule has 1 saturated heterocycles. The van der Waals surface area contributed by atoms with Crippen LogP contribution in [0, 0.1) is 0 Å². The molecule has 3 rings (SSSR count). The van der Waals surface area contributed by atoms with Gasteiger partial charge in [0.1, 0.15) is 5.75 Å². The summed E-state index contributed by atoms with van der Waals surface area (Å²) in [7, 11) is 0. The van der Waals surface area contributed by atoms with Gasteiger partial charge in [-0.25, -0.2) is 0 Å². The van der Waals surface area contributed by atoms with Gasteiger partial charge in [-0.2, -0.15) is 0 Å². The van der Waals surface area contributed by atoms with Crippen molar-refractivity contribution in [3.05, 3.63) is 42.0 Å². The second kappa shape index (κ2) is 8.63. The van der Waals surface area contributed by atoms with Crippen molar-refractivity contribution < 1.29 is 14.3 Å². The van der Waals surface area contributed by atoms with Gasteiger partial charge in [-0.1, -0.05) is 24.3 Å². The molecule has 150 valence electrons. The van der Waals surface area contributed by atoms with E-state index in [1.54, 1.807) is 0 Å². The highest BCUT2D eigenvalue weighted by atomic mass is 16.5. The van der Waals surface area contributed by atoms with Crippen molar-refractivity contribution in [1.82, 2.24) is 10.2 Å². The molecule has 0 saturated carbocycles. The second-order valence-electron chi connectivity index (χ2n) is 8.05. The van der Waals surface area contributed by atoms with E-state index in [-0.39, 0.29) is 36.5 Å². The van der Waals surface area contributed by atoms with Gasteiger partial charge >= 0.3 is 0 Å². The van der Waals surface area contributed by atoms with Crippen molar-refractivity contribution in [1.29, 1.82) is 0 Å². The average molecular weight is 383 g/mol. The van der Waals surface area contributed by atoms with Crippen LogP contribution in [0.1, 0.15) is 57.3 Å². The third-order valence-electron chi connectivity index (χ3n) is 5.31. The van der Waals surface area contributed by atoms with Crippen molar-refractivity contribution in [2.75, 3.05) is 6.61 Å². The molecule has 0 spiro atoms. The van der Waals surface area contributed by atoms with Crippen LogP contribution in [0.4, 0.5) is 0 Å². The van der Waals surface area contributed by atoms with Gasteiger partial charge in [-0.05, 0) is 69.9 Å². The van der Waals surface area contributed by atoms with Crippen LogP contribution in [0.3, 0.4) is 0 Å². The average Bonchev–Trinajstić information content (AvgIpc) is 2.64. The fourth-order valence-corrected chi connectivity index (χ4v) is 3.97. The quantitative estimate of drug-likeness (QED) is 0.845. The zero-order valence-electron chi connectivity index (χ0n) is 17.2. The maximum Gasteiger partial charge on any atom is 0.258 e. The summed E-state index contributed by atoms with van der Waals surface area (Å²) in [6, 6.07) is 12.1. The molecule has 28 heavy (non-hydrogen) atoms. The molecule has 1 aliphatic rings. The van der Waals surface area contributed by atoms with Gasteiger partial charge in [-0.3, -0.25) is 9.59 Å². The first-order valence-corrected chi connectivity index (χ1v) is 10.1. The molecular formula is C23H30N2O3. The minimum Gasteiger partial charge on any atom is -0.483 e. The molecule has 0 bridgehead atoms. The molecule has 5 nitrogen and oxygen atoms in total. The lowest BCUT2D eigenvalue weighted by atomic mass is 9.95. The van der Waals surface area contributed by atoms with Gasteiger partial charge in [0.2, 0.25) is 0 Å². The van der Waals surface area contributed by atoms with Gasteiger partial charge in [0.15, 0.2) is 6.61 Å². The predicted molar refractivity (Wildman–Crippen MR) is 112 cm³/mol. The lowest BCUT2D eigenvalue weighted by molar-refractivity contribution is -0.123. The first-order valence-electron chi connectivity index (χ1n) is 10.1. The summed E-state index contributed by atoms with van der Waals surface area (Å²) in [6.45, 7) is 7.91. The Morgan fingerprint density at radius 1 is 1.11 bits per heavy atom. The lowest BCUT2D eigenvalue weighted by Gasteiger charge is -2.39. The number of carbonyl (C=O) groups excluding carboxylic acids is 2. The number of ether oxygens (including phenoxy) is 1. The Balaban J connectivity index is 1.94. The number of piperidine rings is 1. The van der Waals surface area contributed by atoms with E-state index in [1.165, 1.54) is 0 Å². The molecule has 2 aromatic rings. The van der Waals surface area contributed by atoms with Gasteiger partial charge < -0.3 is 15.0 Å². The molecule has 1 fully saturated rings. The largest absolute Gasteiger partial charge is 0.483 e. The van der Waals surface area contributed by atoms with Crippen LogP contribution in [0.15, 0.2) is 36.4 Å². The molecule has 0 aromatic heterocycles. The highest BCUT2D eigenvalue weighted by molar-refractivity contribution is 6.02. The molecular weight excluding hydrogens is 352 g/mol. The van der Waals surface area contributed by atoms with Gasteiger partial charge in [0.05, 0.1) is 5.56 Å². The maximum absolute atomic E-state index is 13.5. The molecule has 5 heteroatoms. The standard InChI is InChI=1S/C23H30N2O3/c1-15(2)24-22(26)14-28-21-13-19-11-6-5-10-18(19)12-20(21)23(27)25-16(3)8-7-9-17(25)4/h5-6,10-13,15-17H,7-9,14H2,1-4H3,(H,24,26). The van der Waals surface area contributed by atoms with E-state index in [1.807, 2.05) is 55.1 Å². The van der Waals surface area contributed by atoms with Crippen molar-refractivity contribution in [3.8, 4) is 5.75 Å². The van der Waals surface area contributed by atoms with Crippen molar-refractivity contribution >= 4 is 22.6 Å². The topological polar surface area (TPSA) is 58.6 Å². The Morgan fingerprint density at radius 3 is 2.32 bits per heavy atom. The van der Waals surface area contributed by atoms with E-state index in [2.05, 4.69) is 19.2 Å². The van der Waals surface area contributed by atoms with E-state index in [0.29, 0.717) is 11.3 Å². The Hall–Kier alpha value is -2.56. The Labute approximate surface area is 167 Å². The summed E-state index contributed by atoms with van der Waals surface area (Å²) in [5.74, 6) is 0.249. The van der Waals surface area contributed by atoms with Gasteiger partial charge in [0.25, 0.3) is 11.8 Å². The molecule has 1 N–H and O–H groups in total. The zero-order valence-corrected chi connectivity index (χ0v) is 17.2. The summed E-state index contributed by atoms with van der Waals surface area (Å²) in [6.07, 6.45) is 3.16. The minimum atomic E-state index is -0.193. The number of nitrogens with zero attached hydrogens (tertiary/aromatic N) is 1. The van der Waals surface area contributed by atoms with E-state index in [9.17, 15) is 9.59 Å². The zero-order chi connectivity index (χ0) is 20.3. The fourth-order valence-electron chi connectivity index (χ4n) is 3.97. The van der Waals surface area contributed by atoms with E-state index in [4.69, 9.17) is 4.74 Å². The number of hydrogen-bond donors (Lipinski definition) is 1. The summed E-state index contributed by atoms with van der Waals surface area (Å²) in [4.78, 5) is 27.5. The number of hydrogen-bond acceptors (Lipinski definition) is 3. The van der Waals surface area contributed by atoms with E-state index < -0.39 is 0 Å². The van der Waals surface area contributed by atoms with Crippen molar-refractivity contribution in [3.63, 3.8) is 0 Å². The number of rotatable bonds is 5. The molecule has 2 atom stereocenters. The van der Waals surface area contributed by atoms with Crippen molar-refractivity contribution in [2.24, 2.45) is 0 Å². The first-order chi connectivity index (χ1) is 13.4. The summed E-state index contributed by atoms with van der Waals surface area (Å²) < 4.78 is 5.83. The number of likely N-dealkylation sites (tertiary alicyclic amines) is 1. The number of amides is 2. The van der Waals surface area contributed by atoms with E-state index in [0.717, 1.165) is 30.0 Å². The smallest absolute Gasteiger partial charge is 0.258 e. The molecule has 1 heterocycles. The maximum atomic E-state index is 13.5. The highest BCUT2D eigenvalue weighted by Gasteiger charge is 2.31. The van der Waals surface area contributed by atoms with Crippen LogP contribution in [0.2, 0.25) is 0 Å². The normalized spacial score (nSPS) is 19.7. The second-order valence-corrected chi connectivity index (χ2v) is 8.05. The van der Waals surface area contributed by atoms with Crippen LogP contribution in [0.25, 0.3) is 10.8 Å². The monoisotopic (exact) mass is 382 g/mol. The third-order valence-corrected chi connectivity index (χ3v) is 5.31. The lowest BCUT2D eigenvalue weighted by Crippen LogP contribution is -2.47. The third kappa shape index (κ3) is 4.46. The van der Waals surface area contributed by atoms with Gasteiger partial charge in [-0.15, -0.1) is 0 Å². The Morgan fingerprint density at radius 2 is 1.71 bits per heavy atom. The van der Waals surface area contributed by atoms with Gasteiger partial charge in [0, 0.05) is 18.1 Å². The Bertz CT molecular complexity index is 852. The molecule has 0 aliphatic carbocycles. The van der Waals surface area contributed by atoms with Crippen LogP contribution in [-0.4, -0.2) is 41.4 Å². The number of fused-ring (bicyclic) bond motifs is 1. The summed E-state index contributed by atoms with van der Waals surface area (Å²) in [5, 5.41) is 4.79. The fraction of sp³-hybridized carbons (Fsp3) is 0.478. The number of carbonyl (C=O) groups is 2. The minimum absolute atomic E-state index is 0.0234. The highest BCUT2D eigenvalue weighted by Crippen LogP contribution is 2.31. The number of benzene rings is 2. The number of nitrogens with one attached hydrogen (secondary N) is 1. The van der Waals surface area contributed by atoms with Crippen LogP contribution in [0.5, 0.6) is 5.75 Å². The van der Waals surface area contributed by atoms with E-state index >= 15 is 0 Å². The summed E-state index contributed by atoms with van der Waals surface area (Å²) >= 11 is 0. The molecule has 2 unspecified atom stereocenters. The molecule has 2 amide bonds. The Kier molecular flexibility index (Phi) is 6.22. The van der Waals surface area contributed by atoms with Crippen LogP contribution in [-0.2, 0) is 4.79 Å².